The van der Waals surface area contributed by atoms with Crippen LogP contribution in [0.5, 0.6) is 0 Å². The lowest BCUT2D eigenvalue weighted by atomic mass is 10.1. The molecule has 0 saturated heterocycles. The third kappa shape index (κ3) is 8.82. The Kier molecular flexibility index (Phi) is 10.4. The highest BCUT2D eigenvalue weighted by Gasteiger charge is 2.07. The Labute approximate surface area is 254 Å². The summed E-state index contributed by atoms with van der Waals surface area (Å²) in [5.74, 6) is 12.4. The minimum atomic E-state index is -0.266. The molecule has 0 amide bonds. The predicted octanol–water partition coefficient (Wildman–Crippen LogP) is 7.39. The van der Waals surface area contributed by atoms with Crippen molar-refractivity contribution >= 4 is 0 Å². The summed E-state index contributed by atoms with van der Waals surface area (Å²) in [7, 11) is 0. The van der Waals surface area contributed by atoms with Gasteiger partial charge in [-0.2, -0.15) is 5.10 Å². The zero-order valence-corrected chi connectivity index (χ0v) is 23.7. The fraction of sp³-hybridized carbons (Fsp3) is 0.111. The van der Waals surface area contributed by atoms with E-state index in [1.165, 1.54) is 24.3 Å². The molecule has 0 aliphatic rings. The van der Waals surface area contributed by atoms with E-state index < -0.39 is 0 Å². The second kappa shape index (κ2) is 15.4. The zero-order valence-electron chi connectivity index (χ0n) is 23.7. The van der Waals surface area contributed by atoms with E-state index >= 15 is 0 Å². The van der Waals surface area contributed by atoms with E-state index in [1.807, 2.05) is 53.2 Å². The average molecular weight is 584 g/mol. The monoisotopic (exact) mass is 583 g/mol. The third-order valence-electron chi connectivity index (χ3n) is 6.26. The van der Waals surface area contributed by atoms with Crippen molar-refractivity contribution in [3.8, 4) is 46.2 Å². The minimum Gasteiger partial charge on any atom is -0.361 e. The van der Waals surface area contributed by atoms with Gasteiger partial charge in [0.25, 0.3) is 0 Å². The highest BCUT2D eigenvalue weighted by molar-refractivity contribution is 5.59. The summed E-state index contributed by atoms with van der Waals surface area (Å²) < 4.78 is 33.0. The zero-order chi connectivity index (χ0) is 30.4. The molecule has 2 aromatic carbocycles. The van der Waals surface area contributed by atoms with Crippen LogP contribution >= 0.6 is 0 Å². The van der Waals surface area contributed by atoms with E-state index in [0.29, 0.717) is 31.5 Å². The Morgan fingerprint density at radius 1 is 0.659 bits per heavy atom. The van der Waals surface area contributed by atoms with Crippen LogP contribution in [0.1, 0.15) is 30.0 Å². The van der Waals surface area contributed by atoms with Crippen molar-refractivity contribution in [3.05, 3.63) is 144 Å². The molecule has 0 radical (unpaired) electrons. The van der Waals surface area contributed by atoms with Crippen LogP contribution in [0.4, 0.5) is 8.78 Å². The van der Waals surface area contributed by atoms with Crippen molar-refractivity contribution in [2.45, 2.75) is 25.8 Å². The number of hydrogen-bond donors (Lipinski definition) is 0. The first-order valence-electron chi connectivity index (χ1n) is 13.9. The maximum Gasteiger partial charge on any atom is 0.138 e. The molecule has 8 heteroatoms. The quantitative estimate of drug-likeness (QED) is 0.191. The Hall–Kier alpha value is -5.86. The van der Waals surface area contributed by atoms with Crippen molar-refractivity contribution < 1.29 is 13.3 Å². The molecule has 0 aliphatic heterocycles. The number of rotatable bonds is 6. The molecular weight excluding hydrogens is 556 g/mol. The number of halogens is 2. The SMILES string of the molecule is Fc1ccc(-c2cc(CCC#Cc3ccccn3)on2)cc1.Fc1ccc(-c2ccnn2CCC#Cc2ccccn2)cc1. The van der Waals surface area contributed by atoms with Crippen LogP contribution in [0.2, 0.25) is 0 Å². The topological polar surface area (TPSA) is 69.6 Å². The first kappa shape index (κ1) is 29.6. The average Bonchev–Trinajstić information content (AvgIpc) is 3.74. The van der Waals surface area contributed by atoms with Gasteiger partial charge >= 0.3 is 0 Å². The van der Waals surface area contributed by atoms with Crippen LogP contribution in [0.25, 0.3) is 22.5 Å². The number of nitrogens with zero attached hydrogens (tertiary/aromatic N) is 5. The largest absolute Gasteiger partial charge is 0.361 e. The second-order valence-corrected chi connectivity index (χ2v) is 9.42. The van der Waals surface area contributed by atoms with E-state index in [0.717, 1.165) is 34.0 Å². The Balaban J connectivity index is 0.000000175. The highest BCUT2D eigenvalue weighted by Crippen LogP contribution is 2.21. The highest BCUT2D eigenvalue weighted by atomic mass is 19.1. The van der Waals surface area contributed by atoms with Gasteiger partial charge in [-0.3, -0.25) is 4.68 Å². The molecule has 44 heavy (non-hydrogen) atoms. The summed E-state index contributed by atoms with van der Waals surface area (Å²) in [5.41, 5.74) is 4.95. The molecule has 0 saturated carbocycles. The molecule has 0 bridgehead atoms. The summed E-state index contributed by atoms with van der Waals surface area (Å²) in [4.78, 5) is 8.29. The van der Waals surface area contributed by atoms with Crippen molar-refractivity contribution in [3.63, 3.8) is 0 Å². The van der Waals surface area contributed by atoms with Crippen LogP contribution in [0.15, 0.2) is 120 Å². The smallest absolute Gasteiger partial charge is 0.138 e. The maximum absolute atomic E-state index is 13.0. The number of aryl methyl sites for hydroxylation is 2. The van der Waals surface area contributed by atoms with Gasteiger partial charge in [-0.05, 0) is 96.3 Å². The molecule has 0 atom stereocenters. The number of aromatic nitrogens is 5. The molecular formula is C36H27F2N5O. The van der Waals surface area contributed by atoms with Gasteiger partial charge in [0.1, 0.15) is 34.5 Å². The fourth-order valence-electron chi connectivity index (χ4n) is 4.09. The van der Waals surface area contributed by atoms with Crippen LogP contribution in [0, 0.1) is 35.3 Å². The molecule has 0 aliphatic carbocycles. The van der Waals surface area contributed by atoms with Crippen LogP contribution in [-0.4, -0.2) is 24.9 Å². The molecule has 0 spiro atoms. The van der Waals surface area contributed by atoms with E-state index in [1.54, 1.807) is 42.9 Å². The van der Waals surface area contributed by atoms with E-state index in [2.05, 4.69) is 43.9 Å². The number of hydrogen-bond acceptors (Lipinski definition) is 5. The molecule has 4 heterocycles. The predicted molar refractivity (Wildman–Crippen MR) is 165 cm³/mol. The van der Waals surface area contributed by atoms with E-state index in [4.69, 9.17) is 4.52 Å². The van der Waals surface area contributed by atoms with Gasteiger partial charge in [-0.25, -0.2) is 18.7 Å². The summed E-state index contributed by atoms with van der Waals surface area (Å²) in [6.45, 7) is 0.680. The van der Waals surface area contributed by atoms with Gasteiger partial charge in [0, 0.05) is 49.5 Å². The maximum atomic E-state index is 13.0. The Morgan fingerprint density at radius 2 is 1.27 bits per heavy atom. The molecule has 0 N–H and O–H groups in total. The fourth-order valence-corrected chi connectivity index (χ4v) is 4.09. The van der Waals surface area contributed by atoms with Gasteiger partial charge in [-0.15, -0.1) is 0 Å². The standard InChI is InChI=1S/C18H14FN3.C18H13FN2O/c19-16-9-7-15(8-10-16)18-11-13-21-22(18)14-4-2-6-17-5-1-3-12-20-17;19-15-10-8-14(9-11-15)18-13-17(22-21-18)7-2-1-5-16-6-3-4-12-20-16/h1,3,5,7-13H,4,14H2;3-4,6,8-13H,2,7H2. The second-order valence-electron chi connectivity index (χ2n) is 9.42. The van der Waals surface area contributed by atoms with Gasteiger partial charge in [0.05, 0.1) is 12.2 Å². The normalized spacial score (nSPS) is 10.0. The molecule has 216 valence electrons. The van der Waals surface area contributed by atoms with Gasteiger partial charge in [0.15, 0.2) is 0 Å². The van der Waals surface area contributed by atoms with Gasteiger partial charge < -0.3 is 4.52 Å². The van der Waals surface area contributed by atoms with Crippen LogP contribution in [0.3, 0.4) is 0 Å². The van der Waals surface area contributed by atoms with E-state index in [-0.39, 0.29) is 11.6 Å². The summed E-state index contributed by atoms with van der Waals surface area (Å²) in [6, 6.07) is 27.6. The summed E-state index contributed by atoms with van der Waals surface area (Å²) in [5, 5.41) is 8.29. The van der Waals surface area contributed by atoms with Gasteiger partial charge in [0.2, 0.25) is 0 Å². The lowest BCUT2D eigenvalue weighted by Gasteiger charge is -2.05. The van der Waals surface area contributed by atoms with Crippen LogP contribution < -0.4 is 0 Å². The lowest BCUT2D eigenvalue weighted by molar-refractivity contribution is 0.386. The summed E-state index contributed by atoms with van der Waals surface area (Å²) >= 11 is 0. The number of pyridine rings is 2. The molecule has 6 aromatic rings. The van der Waals surface area contributed by atoms with Crippen molar-refractivity contribution in [1.29, 1.82) is 0 Å². The Morgan fingerprint density at radius 3 is 1.89 bits per heavy atom. The molecule has 6 nitrogen and oxygen atoms in total. The minimum absolute atomic E-state index is 0.240. The van der Waals surface area contributed by atoms with E-state index in [9.17, 15) is 8.78 Å². The Bertz CT molecular complexity index is 1880. The first-order valence-corrected chi connectivity index (χ1v) is 13.9. The molecule has 4 aromatic heterocycles. The van der Waals surface area contributed by atoms with Crippen molar-refractivity contribution in [2.24, 2.45) is 0 Å². The molecule has 0 fully saturated rings. The third-order valence-corrected chi connectivity index (χ3v) is 6.26. The lowest BCUT2D eigenvalue weighted by Crippen LogP contribution is -2.01. The van der Waals surface area contributed by atoms with Crippen molar-refractivity contribution in [2.75, 3.05) is 0 Å². The summed E-state index contributed by atoms with van der Waals surface area (Å²) in [6.07, 6.45) is 7.19. The van der Waals surface area contributed by atoms with Crippen LogP contribution in [-0.2, 0) is 13.0 Å². The molecule has 0 unspecified atom stereocenters. The van der Waals surface area contributed by atoms with Gasteiger partial charge in [-0.1, -0.05) is 29.1 Å². The first-order chi connectivity index (χ1) is 21.6. The molecule has 6 rings (SSSR count). The number of benzene rings is 2. The van der Waals surface area contributed by atoms with Crippen molar-refractivity contribution in [1.82, 2.24) is 24.9 Å².